The lowest BCUT2D eigenvalue weighted by molar-refractivity contribution is -0.143. The zero-order chi connectivity index (χ0) is 34.4. The lowest BCUT2D eigenvalue weighted by Crippen LogP contribution is -2.61. The van der Waals surface area contributed by atoms with E-state index in [0.717, 1.165) is 5.56 Å². The van der Waals surface area contributed by atoms with Gasteiger partial charge in [0.1, 0.15) is 6.61 Å². The molecule has 0 N–H and O–H groups in total. The number of alkyl halides is 6. The van der Waals surface area contributed by atoms with Gasteiger partial charge in [-0.1, -0.05) is 66.7 Å². The van der Waals surface area contributed by atoms with Crippen LogP contribution in [-0.2, 0) is 38.8 Å². The van der Waals surface area contributed by atoms with E-state index in [4.69, 9.17) is 9.47 Å². The number of halogens is 6. The summed E-state index contributed by atoms with van der Waals surface area (Å²) < 4.78 is 93.5. The number of amides is 2. The minimum atomic E-state index is -5.02. The van der Waals surface area contributed by atoms with Crippen molar-refractivity contribution in [2.45, 2.75) is 63.3 Å². The fourth-order valence-corrected chi connectivity index (χ4v) is 5.85. The molecule has 0 saturated carbocycles. The van der Waals surface area contributed by atoms with Crippen LogP contribution in [0.25, 0.3) is 0 Å². The summed E-state index contributed by atoms with van der Waals surface area (Å²) in [5.41, 5.74) is -3.12. The highest BCUT2D eigenvalue weighted by Gasteiger charge is 2.48. The lowest BCUT2D eigenvalue weighted by atomic mass is 9.79. The van der Waals surface area contributed by atoms with E-state index in [1.165, 1.54) is 18.7 Å². The first kappa shape index (κ1) is 35.5. The van der Waals surface area contributed by atoms with Gasteiger partial charge in [0.15, 0.2) is 0 Å². The summed E-state index contributed by atoms with van der Waals surface area (Å²) in [5.74, 6) is -0.227. The van der Waals surface area contributed by atoms with Crippen molar-refractivity contribution in [3.63, 3.8) is 0 Å². The van der Waals surface area contributed by atoms with Crippen molar-refractivity contribution in [2.24, 2.45) is 0 Å². The lowest BCUT2D eigenvalue weighted by Gasteiger charge is -2.51. The minimum Gasteiger partial charge on any atom is -0.445 e. The molecule has 0 aromatic heterocycles. The maximum Gasteiger partial charge on any atom is 0.416 e. The predicted octanol–water partition coefficient (Wildman–Crippen LogP) is 8.53. The van der Waals surface area contributed by atoms with Crippen LogP contribution in [0.1, 0.15) is 60.6 Å². The fraction of sp³-hybridized carbons (Fsp3) is 0.371. The van der Waals surface area contributed by atoms with Crippen molar-refractivity contribution in [3.8, 4) is 0 Å². The van der Waals surface area contributed by atoms with Crippen molar-refractivity contribution in [3.05, 3.63) is 119 Å². The van der Waals surface area contributed by atoms with E-state index in [1.807, 2.05) is 6.07 Å². The van der Waals surface area contributed by atoms with Crippen LogP contribution in [0.5, 0.6) is 0 Å². The van der Waals surface area contributed by atoms with Crippen LogP contribution in [-0.4, -0.2) is 47.5 Å². The van der Waals surface area contributed by atoms with Gasteiger partial charge in [0, 0.05) is 26.1 Å². The molecule has 1 heterocycles. The smallest absolute Gasteiger partial charge is 0.416 e. The molecule has 0 spiro atoms. The van der Waals surface area contributed by atoms with E-state index < -0.39 is 47.3 Å². The van der Waals surface area contributed by atoms with E-state index in [9.17, 15) is 35.9 Å². The summed E-state index contributed by atoms with van der Waals surface area (Å²) in [4.78, 5) is 29.6. The summed E-state index contributed by atoms with van der Waals surface area (Å²) in [6, 6.07) is 18.7. The Labute approximate surface area is 269 Å². The maximum atomic E-state index is 14.0. The van der Waals surface area contributed by atoms with Crippen LogP contribution in [0, 0.1) is 0 Å². The van der Waals surface area contributed by atoms with Crippen LogP contribution >= 0.6 is 0 Å². The second kappa shape index (κ2) is 14.6. The highest BCUT2D eigenvalue weighted by Crippen LogP contribution is 2.42. The topological polar surface area (TPSA) is 59.1 Å². The van der Waals surface area contributed by atoms with Crippen molar-refractivity contribution < 1.29 is 45.4 Å². The number of rotatable bonds is 10. The Kier molecular flexibility index (Phi) is 11.1. The molecule has 2 amide bonds. The number of benzene rings is 3. The monoisotopic (exact) mass is 662 g/mol. The van der Waals surface area contributed by atoms with Gasteiger partial charge >= 0.3 is 18.4 Å². The largest absolute Gasteiger partial charge is 0.445 e. The van der Waals surface area contributed by atoms with Gasteiger partial charge in [-0.25, -0.2) is 4.79 Å². The third-order valence-corrected chi connectivity index (χ3v) is 8.36. The highest BCUT2D eigenvalue weighted by molar-refractivity contribution is 5.74. The summed E-state index contributed by atoms with van der Waals surface area (Å²) in [6.45, 7) is 6.41. The van der Waals surface area contributed by atoms with Crippen LogP contribution in [0.4, 0.5) is 31.1 Å². The van der Waals surface area contributed by atoms with Crippen LogP contribution in [0.2, 0.25) is 0 Å². The number of hydrogen-bond donors (Lipinski definition) is 0. The SMILES string of the molecule is C=CCN(C(C)=O)C1CCC(CO[C@H](C)c2cc(C(F)(F)F)cc(C(F)(F)F)c2)(c2ccccc2)N(C(=O)OCc2ccccc2)C1. The molecule has 6 nitrogen and oxygen atoms in total. The number of hydrogen-bond acceptors (Lipinski definition) is 4. The molecule has 1 aliphatic rings. The Morgan fingerprint density at radius 2 is 1.55 bits per heavy atom. The molecule has 252 valence electrons. The zero-order valence-corrected chi connectivity index (χ0v) is 26.0. The fourth-order valence-electron chi connectivity index (χ4n) is 5.85. The molecule has 2 unspecified atom stereocenters. The van der Waals surface area contributed by atoms with E-state index in [2.05, 4.69) is 6.58 Å². The zero-order valence-electron chi connectivity index (χ0n) is 26.0. The van der Waals surface area contributed by atoms with Crippen molar-refractivity contribution in [1.82, 2.24) is 9.80 Å². The third-order valence-electron chi connectivity index (χ3n) is 8.36. The molecular formula is C35H36F6N2O4. The Balaban J connectivity index is 1.73. The average molecular weight is 663 g/mol. The molecule has 0 bridgehead atoms. The van der Waals surface area contributed by atoms with Gasteiger partial charge < -0.3 is 14.4 Å². The number of ether oxygens (including phenoxy) is 2. The summed E-state index contributed by atoms with van der Waals surface area (Å²) in [6.07, 6.45) is -9.77. The molecule has 1 saturated heterocycles. The van der Waals surface area contributed by atoms with Gasteiger partial charge in [0.25, 0.3) is 0 Å². The van der Waals surface area contributed by atoms with Crippen LogP contribution < -0.4 is 0 Å². The molecular weight excluding hydrogens is 626 g/mol. The Morgan fingerprint density at radius 1 is 0.979 bits per heavy atom. The van der Waals surface area contributed by atoms with Crippen LogP contribution in [0.3, 0.4) is 0 Å². The first-order valence-electron chi connectivity index (χ1n) is 15.0. The number of piperidine rings is 1. The van der Waals surface area contributed by atoms with Gasteiger partial charge in [-0.2, -0.15) is 26.3 Å². The first-order valence-corrected chi connectivity index (χ1v) is 15.0. The number of carbonyl (C=O) groups is 2. The van der Waals surface area contributed by atoms with Gasteiger partial charge in [0.2, 0.25) is 5.91 Å². The molecule has 1 fully saturated rings. The summed E-state index contributed by atoms with van der Waals surface area (Å²) >= 11 is 0. The second-order valence-corrected chi connectivity index (χ2v) is 11.5. The molecule has 4 rings (SSSR count). The number of carbonyl (C=O) groups excluding carboxylic acids is 2. The van der Waals surface area contributed by atoms with E-state index in [0.29, 0.717) is 24.1 Å². The van der Waals surface area contributed by atoms with Gasteiger partial charge in [-0.15, -0.1) is 6.58 Å². The predicted molar refractivity (Wildman–Crippen MR) is 163 cm³/mol. The molecule has 0 aliphatic carbocycles. The molecule has 12 heteroatoms. The molecule has 3 aromatic rings. The average Bonchev–Trinajstić information content (AvgIpc) is 3.04. The minimum absolute atomic E-state index is 0.0233. The quantitative estimate of drug-likeness (QED) is 0.161. The standard InChI is InChI=1S/C35H36F6N2O4/c1-4-17-42(25(3)44)31-15-16-33(28-13-9-6-10-14-28,43(21-31)32(45)46-22-26-11-7-5-8-12-26)23-47-24(2)27-18-29(34(36,37)38)20-30(19-27)35(39,40)41/h4-14,18-20,24,31H,1,15-17,21-23H2,2-3H3/t24-,31?,33?/m1/s1. The molecule has 1 aliphatic heterocycles. The third kappa shape index (κ3) is 8.54. The Bertz CT molecular complexity index is 1500. The van der Waals surface area contributed by atoms with Gasteiger partial charge in [-0.3, -0.25) is 9.69 Å². The number of likely N-dealkylation sites (tertiary alicyclic amines) is 1. The molecule has 0 radical (unpaired) electrons. The van der Waals surface area contributed by atoms with E-state index in [-0.39, 0.29) is 50.3 Å². The second-order valence-electron chi connectivity index (χ2n) is 11.5. The van der Waals surface area contributed by atoms with E-state index in [1.54, 1.807) is 65.6 Å². The van der Waals surface area contributed by atoms with Crippen molar-refractivity contribution in [1.29, 1.82) is 0 Å². The van der Waals surface area contributed by atoms with E-state index >= 15 is 0 Å². The highest BCUT2D eigenvalue weighted by atomic mass is 19.4. The van der Waals surface area contributed by atoms with Gasteiger partial charge in [-0.05, 0) is 54.7 Å². The first-order chi connectivity index (χ1) is 22.2. The van der Waals surface area contributed by atoms with Crippen molar-refractivity contribution in [2.75, 3.05) is 19.7 Å². The van der Waals surface area contributed by atoms with Gasteiger partial charge in [0.05, 0.1) is 29.4 Å². The van der Waals surface area contributed by atoms with Crippen molar-refractivity contribution >= 4 is 12.0 Å². The number of nitrogens with zero attached hydrogens (tertiary/aromatic N) is 2. The maximum absolute atomic E-state index is 14.0. The molecule has 3 aromatic carbocycles. The summed E-state index contributed by atoms with van der Waals surface area (Å²) in [5, 5.41) is 0. The molecule has 47 heavy (non-hydrogen) atoms. The summed E-state index contributed by atoms with van der Waals surface area (Å²) in [7, 11) is 0. The van der Waals surface area contributed by atoms with Crippen LogP contribution in [0.15, 0.2) is 91.5 Å². The Morgan fingerprint density at radius 3 is 2.09 bits per heavy atom. The normalized spacial score (nSPS) is 19.1. The molecule has 3 atom stereocenters. The Hall–Kier alpha value is -4.32.